The number of hydrogen-bond donors (Lipinski definition) is 1. The highest BCUT2D eigenvalue weighted by Gasteiger charge is 2.54. The molecular formula is C10H16N2O2. The largest absolute Gasteiger partial charge is 0.381 e. The lowest BCUT2D eigenvalue weighted by molar-refractivity contribution is 0.136. The normalized spacial score (nSPS) is 40.7. The second-order valence-electron chi connectivity index (χ2n) is 4.56. The van der Waals surface area contributed by atoms with Crippen LogP contribution in [0.2, 0.25) is 0 Å². The molecule has 1 saturated carbocycles. The SMILES string of the molecule is O=C1NCCCN1CC1C2COCC21. The zero-order valence-electron chi connectivity index (χ0n) is 8.24. The molecule has 1 N–H and O–H groups in total. The molecule has 4 heteroatoms. The van der Waals surface area contributed by atoms with Gasteiger partial charge in [-0.25, -0.2) is 4.79 Å². The number of nitrogens with zero attached hydrogens (tertiary/aromatic N) is 1. The Labute approximate surface area is 83.6 Å². The zero-order valence-corrected chi connectivity index (χ0v) is 8.24. The maximum atomic E-state index is 11.5. The molecule has 0 aromatic carbocycles. The Kier molecular flexibility index (Phi) is 1.90. The summed E-state index contributed by atoms with van der Waals surface area (Å²) >= 11 is 0. The highest BCUT2D eigenvalue weighted by atomic mass is 16.5. The van der Waals surface area contributed by atoms with Gasteiger partial charge in [-0.3, -0.25) is 0 Å². The first-order valence-corrected chi connectivity index (χ1v) is 5.47. The second-order valence-corrected chi connectivity index (χ2v) is 4.56. The van der Waals surface area contributed by atoms with Gasteiger partial charge in [0, 0.05) is 19.6 Å². The van der Waals surface area contributed by atoms with Gasteiger partial charge in [0.1, 0.15) is 0 Å². The lowest BCUT2D eigenvalue weighted by Gasteiger charge is -2.28. The van der Waals surface area contributed by atoms with E-state index in [9.17, 15) is 4.79 Å². The maximum Gasteiger partial charge on any atom is 0.317 e. The van der Waals surface area contributed by atoms with E-state index in [1.807, 2.05) is 4.90 Å². The second kappa shape index (κ2) is 3.12. The van der Waals surface area contributed by atoms with Crippen LogP contribution in [0.15, 0.2) is 0 Å². The molecule has 4 nitrogen and oxygen atoms in total. The monoisotopic (exact) mass is 196 g/mol. The maximum absolute atomic E-state index is 11.5. The molecule has 2 heterocycles. The summed E-state index contributed by atoms with van der Waals surface area (Å²) in [5, 5.41) is 2.89. The van der Waals surface area contributed by atoms with Crippen LogP contribution in [0.25, 0.3) is 0 Å². The summed E-state index contributed by atoms with van der Waals surface area (Å²) in [6, 6.07) is 0.127. The fourth-order valence-electron chi connectivity index (χ4n) is 2.74. The van der Waals surface area contributed by atoms with Crippen molar-refractivity contribution < 1.29 is 9.53 Å². The van der Waals surface area contributed by atoms with Gasteiger partial charge in [0.2, 0.25) is 0 Å². The lowest BCUT2D eigenvalue weighted by Crippen LogP contribution is -2.47. The molecule has 0 radical (unpaired) electrons. The van der Waals surface area contributed by atoms with E-state index in [-0.39, 0.29) is 6.03 Å². The van der Waals surface area contributed by atoms with E-state index in [1.54, 1.807) is 0 Å². The van der Waals surface area contributed by atoms with Gasteiger partial charge in [-0.05, 0) is 24.2 Å². The summed E-state index contributed by atoms with van der Waals surface area (Å²) in [5.41, 5.74) is 0. The molecule has 14 heavy (non-hydrogen) atoms. The highest BCUT2D eigenvalue weighted by molar-refractivity contribution is 5.74. The predicted molar refractivity (Wildman–Crippen MR) is 50.9 cm³/mol. The molecule has 2 amide bonds. The van der Waals surface area contributed by atoms with Crippen LogP contribution in [-0.2, 0) is 4.74 Å². The Hall–Kier alpha value is -0.770. The predicted octanol–water partition coefficient (Wildman–Crippen LogP) is 0.294. The van der Waals surface area contributed by atoms with Crippen molar-refractivity contribution in [2.45, 2.75) is 6.42 Å². The van der Waals surface area contributed by atoms with E-state index in [4.69, 9.17) is 4.74 Å². The minimum Gasteiger partial charge on any atom is -0.381 e. The average Bonchev–Trinajstić information content (AvgIpc) is 2.64. The molecule has 2 aliphatic heterocycles. The summed E-state index contributed by atoms with van der Waals surface area (Å²) in [4.78, 5) is 13.4. The number of hydrogen-bond acceptors (Lipinski definition) is 2. The third-order valence-corrected chi connectivity index (χ3v) is 3.73. The van der Waals surface area contributed by atoms with Gasteiger partial charge >= 0.3 is 6.03 Å². The Balaban J connectivity index is 1.54. The molecule has 0 bridgehead atoms. The number of carbonyl (C=O) groups is 1. The van der Waals surface area contributed by atoms with Crippen molar-refractivity contribution in [3.8, 4) is 0 Å². The van der Waals surface area contributed by atoms with Crippen LogP contribution in [-0.4, -0.2) is 43.8 Å². The van der Waals surface area contributed by atoms with Crippen molar-refractivity contribution in [3.05, 3.63) is 0 Å². The number of fused-ring (bicyclic) bond motifs is 1. The lowest BCUT2D eigenvalue weighted by atomic mass is 10.2. The standard InChI is InChI=1S/C10H16N2O2/c13-10-11-2-1-3-12(10)4-7-8-5-14-6-9(7)8/h7-9H,1-6H2,(H,11,13). The smallest absolute Gasteiger partial charge is 0.317 e. The molecule has 0 aromatic rings. The van der Waals surface area contributed by atoms with E-state index < -0.39 is 0 Å². The van der Waals surface area contributed by atoms with Crippen LogP contribution in [0.3, 0.4) is 0 Å². The fourth-order valence-corrected chi connectivity index (χ4v) is 2.74. The van der Waals surface area contributed by atoms with Gasteiger partial charge in [-0.15, -0.1) is 0 Å². The molecule has 2 unspecified atom stereocenters. The molecule has 0 aromatic heterocycles. The van der Waals surface area contributed by atoms with Crippen LogP contribution in [0.1, 0.15) is 6.42 Å². The van der Waals surface area contributed by atoms with Gasteiger partial charge in [0.25, 0.3) is 0 Å². The van der Waals surface area contributed by atoms with Crippen LogP contribution < -0.4 is 5.32 Å². The molecular weight excluding hydrogens is 180 g/mol. The molecule has 1 aliphatic carbocycles. The van der Waals surface area contributed by atoms with Crippen molar-refractivity contribution in [2.24, 2.45) is 17.8 Å². The topological polar surface area (TPSA) is 41.6 Å². The van der Waals surface area contributed by atoms with E-state index in [0.29, 0.717) is 0 Å². The van der Waals surface area contributed by atoms with Crippen LogP contribution in [0, 0.1) is 17.8 Å². The number of nitrogens with one attached hydrogen (secondary N) is 1. The van der Waals surface area contributed by atoms with Crippen molar-refractivity contribution in [1.82, 2.24) is 10.2 Å². The zero-order chi connectivity index (χ0) is 9.54. The van der Waals surface area contributed by atoms with E-state index in [2.05, 4.69) is 5.32 Å². The van der Waals surface area contributed by atoms with Gasteiger partial charge in [0.05, 0.1) is 13.2 Å². The van der Waals surface area contributed by atoms with E-state index in [1.165, 1.54) is 0 Å². The number of urea groups is 1. The van der Waals surface area contributed by atoms with Gasteiger partial charge in [-0.2, -0.15) is 0 Å². The minimum atomic E-state index is 0.127. The summed E-state index contributed by atoms with van der Waals surface area (Å²) in [5.74, 6) is 2.24. The average molecular weight is 196 g/mol. The molecule has 2 saturated heterocycles. The molecule has 3 rings (SSSR count). The van der Waals surface area contributed by atoms with E-state index >= 15 is 0 Å². The molecule has 0 spiro atoms. The van der Waals surface area contributed by atoms with Crippen molar-refractivity contribution in [3.63, 3.8) is 0 Å². The van der Waals surface area contributed by atoms with Crippen molar-refractivity contribution in [1.29, 1.82) is 0 Å². The van der Waals surface area contributed by atoms with Crippen molar-refractivity contribution >= 4 is 6.03 Å². The Bertz CT molecular complexity index is 247. The minimum absolute atomic E-state index is 0.127. The Morgan fingerprint density at radius 2 is 2.21 bits per heavy atom. The fraction of sp³-hybridized carbons (Fsp3) is 0.900. The summed E-state index contributed by atoms with van der Waals surface area (Å²) < 4.78 is 5.33. The van der Waals surface area contributed by atoms with Gasteiger partial charge in [0.15, 0.2) is 0 Å². The quantitative estimate of drug-likeness (QED) is 0.690. The number of amides is 2. The first kappa shape index (κ1) is 8.53. The third kappa shape index (κ3) is 1.29. The Morgan fingerprint density at radius 3 is 2.93 bits per heavy atom. The van der Waals surface area contributed by atoms with Gasteiger partial charge < -0.3 is 15.0 Å². The molecule has 2 atom stereocenters. The highest BCUT2D eigenvalue weighted by Crippen LogP contribution is 2.50. The number of rotatable bonds is 2. The third-order valence-electron chi connectivity index (χ3n) is 3.73. The molecule has 78 valence electrons. The van der Waals surface area contributed by atoms with Crippen LogP contribution in [0.4, 0.5) is 4.79 Å². The van der Waals surface area contributed by atoms with Crippen molar-refractivity contribution in [2.75, 3.05) is 32.8 Å². The Morgan fingerprint density at radius 1 is 1.43 bits per heavy atom. The first-order chi connectivity index (χ1) is 6.86. The summed E-state index contributed by atoms with van der Waals surface area (Å²) in [6.45, 7) is 4.57. The number of carbonyl (C=O) groups excluding carboxylic acids is 1. The molecule has 3 fully saturated rings. The molecule has 3 aliphatic rings. The number of ether oxygens (including phenoxy) is 1. The van der Waals surface area contributed by atoms with E-state index in [0.717, 1.165) is 57.0 Å². The van der Waals surface area contributed by atoms with Gasteiger partial charge in [-0.1, -0.05) is 0 Å². The van der Waals surface area contributed by atoms with Crippen LogP contribution >= 0.6 is 0 Å². The van der Waals surface area contributed by atoms with Crippen LogP contribution in [0.5, 0.6) is 0 Å². The summed E-state index contributed by atoms with van der Waals surface area (Å²) in [7, 11) is 0. The first-order valence-electron chi connectivity index (χ1n) is 5.47. The summed E-state index contributed by atoms with van der Waals surface area (Å²) in [6.07, 6.45) is 1.09.